The van der Waals surface area contributed by atoms with Gasteiger partial charge in [0, 0.05) is 45.1 Å². The van der Waals surface area contributed by atoms with Crippen molar-refractivity contribution in [3.8, 4) is 0 Å². The highest BCUT2D eigenvalue weighted by molar-refractivity contribution is 5.80. The van der Waals surface area contributed by atoms with Crippen molar-refractivity contribution in [3.05, 3.63) is 0 Å². The summed E-state index contributed by atoms with van der Waals surface area (Å²) in [4.78, 5) is 28.2. The zero-order valence-corrected chi connectivity index (χ0v) is 12.6. The van der Waals surface area contributed by atoms with Crippen LogP contribution in [0.25, 0.3) is 0 Å². The minimum absolute atomic E-state index is 0.198. The Morgan fingerprint density at radius 1 is 1.00 bits per heavy atom. The van der Waals surface area contributed by atoms with Gasteiger partial charge < -0.3 is 15.1 Å². The molecule has 0 radical (unpaired) electrons. The molecule has 1 heterocycles. The first-order valence-electron chi connectivity index (χ1n) is 7.93. The fraction of sp³-hybridized carbons (Fsp3) is 0.867. The Balaban J connectivity index is 1.75. The summed E-state index contributed by atoms with van der Waals surface area (Å²) in [6.07, 6.45) is 6.32. The van der Waals surface area contributed by atoms with Crippen LogP contribution in [-0.2, 0) is 9.59 Å². The van der Waals surface area contributed by atoms with E-state index < -0.39 is 0 Å². The first-order valence-corrected chi connectivity index (χ1v) is 7.93. The lowest BCUT2D eigenvalue weighted by molar-refractivity contribution is -0.142. The van der Waals surface area contributed by atoms with Crippen molar-refractivity contribution >= 4 is 11.8 Å². The van der Waals surface area contributed by atoms with Crippen molar-refractivity contribution in [2.45, 2.75) is 38.5 Å². The molecule has 1 saturated heterocycles. The Kier molecular flexibility index (Phi) is 5.83. The normalized spacial score (nSPS) is 21.1. The van der Waals surface area contributed by atoms with Crippen LogP contribution in [0, 0.1) is 5.92 Å². The smallest absolute Gasteiger partial charge is 0.225 e. The van der Waals surface area contributed by atoms with E-state index in [1.807, 2.05) is 16.8 Å². The second-order valence-electron chi connectivity index (χ2n) is 5.89. The van der Waals surface area contributed by atoms with E-state index in [1.54, 1.807) is 0 Å². The molecule has 1 aliphatic carbocycles. The highest BCUT2D eigenvalue weighted by Crippen LogP contribution is 2.25. The van der Waals surface area contributed by atoms with Crippen molar-refractivity contribution < 1.29 is 9.59 Å². The second-order valence-corrected chi connectivity index (χ2v) is 5.89. The van der Waals surface area contributed by atoms with E-state index in [0.29, 0.717) is 38.5 Å². The summed E-state index contributed by atoms with van der Waals surface area (Å²) in [7, 11) is 1.86. The summed E-state index contributed by atoms with van der Waals surface area (Å²) in [5, 5.41) is 3.00. The van der Waals surface area contributed by atoms with Crippen LogP contribution < -0.4 is 5.32 Å². The maximum Gasteiger partial charge on any atom is 0.225 e. The third-order valence-corrected chi connectivity index (χ3v) is 4.49. The van der Waals surface area contributed by atoms with Gasteiger partial charge in [0.2, 0.25) is 11.8 Å². The maximum atomic E-state index is 12.4. The SMILES string of the molecule is CNCCC(=O)N1CCN(C(=O)C2CCCCC2)CC1. The average molecular weight is 281 g/mol. The lowest BCUT2D eigenvalue weighted by Crippen LogP contribution is -2.52. The number of rotatable bonds is 4. The molecule has 0 atom stereocenters. The summed E-state index contributed by atoms with van der Waals surface area (Å²) in [5.74, 6) is 0.770. The predicted molar refractivity (Wildman–Crippen MR) is 78.3 cm³/mol. The standard InChI is InChI=1S/C15H27N3O2/c1-16-8-7-14(19)17-9-11-18(12-10-17)15(20)13-5-3-2-4-6-13/h13,16H,2-12H2,1H3. The van der Waals surface area contributed by atoms with E-state index in [4.69, 9.17) is 0 Å². The van der Waals surface area contributed by atoms with Crippen LogP contribution in [0.15, 0.2) is 0 Å². The molecule has 5 nitrogen and oxygen atoms in total. The van der Waals surface area contributed by atoms with E-state index in [1.165, 1.54) is 19.3 Å². The number of hydrogen-bond acceptors (Lipinski definition) is 3. The Labute approximate surface area is 121 Å². The molecule has 0 aromatic heterocycles. The summed E-state index contributed by atoms with van der Waals surface area (Å²) >= 11 is 0. The van der Waals surface area contributed by atoms with E-state index >= 15 is 0 Å². The molecule has 1 saturated carbocycles. The van der Waals surface area contributed by atoms with Crippen molar-refractivity contribution in [2.75, 3.05) is 39.8 Å². The van der Waals surface area contributed by atoms with Crippen LogP contribution in [0.5, 0.6) is 0 Å². The summed E-state index contributed by atoms with van der Waals surface area (Å²) < 4.78 is 0. The third kappa shape index (κ3) is 3.95. The number of amides is 2. The van der Waals surface area contributed by atoms with Crippen LogP contribution in [0.3, 0.4) is 0 Å². The summed E-state index contributed by atoms with van der Waals surface area (Å²) in [5.41, 5.74) is 0. The molecule has 1 aliphatic heterocycles. The molecule has 2 aliphatic rings. The molecule has 5 heteroatoms. The molecule has 0 aromatic rings. The Hall–Kier alpha value is -1.10. The van der Waals surface area contributed by atoms with Gasteiger partial charge in [0.05, 0.1) is 0 Å². The maximum absolute atomic E-state index is 12.4. The third-order valence-electron chi connectivity index (χ3n) is 4.49. The average Bonchev–Trinajstić information content (AvgIpc) is 2.53. The first-order chi connectivity index (χ1) is 9.72. The minimum atomic E-state index is 0.198. The first kappa shape index (κ1) is 15.3. The number of carbonyl (C=O) groups excluding carboxylic acids is 2. The van der Waals surface area contributed by atoms with Crippen molar-refractivity contribution in [2.24, 2.45) is 5.92 Å². The molecule has 2 amide bonds. The molecular formula is C15H27N3O2. The molecule has 2 rings (SSSR count). The van der Waals surface area contributed by atoms with Crippen LogP contribution >= 0.6 is 0 Å². The van der Waals surface area contributed by atoms with Gasteiger partial charge in [0.15, 0.2) is 0 Å². The topological polar surface area (TPSA) is 52.7 Å². The van der Waals surface area contributed by atoms with Crippen molar-refractivity contribution in [1.29, 1.82) is 0 Å². The monoisotopic (exact) mass is 281 g/mol. The highest BCUT2D eigenvalue weighted by Gasteiger charge is 2.29. The van der Waals surface area contributed by atoms with Gasteiger partial charge in [0.25, 0.3) is 0 Å². The van der Waals surface area contributed by atoms with Gasteiger partial charge in [-0.3, -0.25) is 9.59 Å². The van der Waals surface area contributed by atoms with Crippen LogP contribution in [0.2, 0.25) is 0 Å². The van der Waals surface area contributed by atoms with Crippen molar-refractivity contribution in [3.63, 3.8) is 0 Å². The molecule has 2 fully saturated rings. The molecule has 1 N–H and O–H groups in total. The molecule has 0 unspecified atom stereocenters. The molecule has 0 aromatic carbocycles. The van der Waals surface area contributed by atoms with Crippen LogP contribution in [0.1, 0.15) is 38.5 Å². The van der Waals surface area contributed by atoms with E-state index in [0.717, 1.165) is 19.4 Å². The zero-order chi connectivity index (χ0) is 14.4. The fourth-order valence-electron chi connectivity index (χ4n) is 3.17. The van der Waals surface area contributed by atoms with Gasteiger partial charge in [0.1, 0.15) is 0 Å². The summed E-state index contributed by atoms with van der Waals surface area (Å²) in [6.45, 7) is 3.53. The van der Waals surface area contributed by atoms with E-state index in [-0.39, 0.29) is 11.8 Å². The van der Waals surface area contributed by atoms with Gasteiger partial charge in [-0.05, 0) is 19.9 Å². The number of nitrogens with zero attached hydrogens (tertiary/aromatic N) is 2. The molecule has 20 heavy (non-hydrogen) atoms. The van der Waals surface area contributed by atoms with Gasteiger partial charge in [-0.15, -0.1) is 0 Å². The van der Waals surface area contributed by atoms with Gasteiger partial charge in [-0.25, -0.2) is 0 Å². The number of hydrogen-bond donors (Lipinski definition) is 1. The quantitative estimate of drug-likeness (QED) is 0.831. The minimum Gasteiger partial charge on any atom is -0.339 e. The molecular weight excluding hydrogens is 254 g/mol. The van der Waals surface area contributed by atoms with Gasteiger partial charge in [-0.1, -0.05) is 19.3 Å². The fourth-order valence-corrected chi connectivity index (χ4v) is 3.17. The van der Waals surface area contributed by atoms with Crippen LogP contribution in [0.4, 0.5) is 0 Å². The Bertz CT molecular complexity index is 332. The zero-order valence-electron chi connectivity index (χ0n) is 12.6. The number of nitrogens with one attached hydrogen (secondary N) is 1. The molecule has 0 spiro atoms. The van der Waals surface area contributed by atoms with Crippen molar-refractivity contribution in [1.82, 2.24) is 15.1 Å². The molecule has 114 valence electrons. The lowest BCUT2D eigenvalue weighted by Gasteiger charge is -2.37. The lowest BCUT2D eigenvalue weighted by atomic mass is 9.88. The molecule has 0 bridgehead atoms. The number of piperazine rings is 1. The van der Waals surface area contributed by atoms with Gasteiger partial charge >= 0.3 is 0 Å². The second kappa shape index (κ2) is 7.62. The van der Waals surface area contributed by atoms with E-state index in [9.17, 15) is 9.59 Å². The van der Waals surface area contributed by atoms with Gasteiger partial charge in [-0.2, -0.15) is 0 Å². The van der Waals surface area contributed by atoms with Crippen LogP contribution in [-0.4, -0.2) is 61.4 Å². The predicted octanol–water partition coefficient (Wildman–Crippen LogP) is 0.847. The van der Waals surface area contributed by atoms with E-state index in [2.05, 4.69) is 5.32 Å². The Morgan fingerprint density at radius 3 is 2.20 bits per heavy atom. The highest BCUT2D eigenvalue weighted by atomic mass is 16.2. The largest absolute Gasteiger partial charge is 0.339 e. The Morgan fingerprint density at radius 2 is 1.60 bits per heavy atom. The number of carbonyl (C=O) groups is 2. The summed E-state index contributed by atoms with van der Waals surface area (Å²) in [6, 6.07) is 0.